The predicted octanol–water partition coefficient (Wildman–Crippen LogP) is 8.11. The van der Waals surface area contributed by atoms with Gasteiger partial charge in [0, 0.05) is 74.6 Å². The van der Waals surface area contributed by atoms with Crippen molar-refractivity contribution in [1.82, 2.24) is 23.4 Å². The van der Waals surface area contributed by atoms with E-state index in [0.717, 1.165) is 99.8 Å². The van der Waals surface area contributed by atoms with Crippen LogP contribution >= 0.6 is 10.7 Å². The Labute approximate surface area is 327 Å². The molecule has 0 spiro atoms. The summed E-state index contributed by atoms with van der Waals surface area (Å²) < 4.78 is 66.3. The van der Waals surface area contributed by atoms with Crippen molar-refractivity contribution in [2.45, 2.75) is 121 Å². The molecule has 0 aliphatic carbocycles. The minimum Gasteiger partial charge on any atom is -0.381 e. The number of imidazole rings is 2. The molecule has 2 aromatic carbocycles. The number of hydrogen-bond donors (Lipinski definition) is 0. The lowest BCUT2D eigenvalue weighted by Gasteiger charge is -2.26. The van der Waals surface area contributed by atoms with E-state index in [1.165, 1.54) is 4.31 Å². The van der Waals surface area contributed by atoms with Crippen LogP contribution < -0.4 is 0 Å². The number of aromatic nitrogens is 4. The fourth-order valence-corrected chi connectivity index (χ4v) is 9.14. The standard InChI is InChI=1S/C23H37N3O3S.C17H23ClN2O3S/c1-17(2)9-12-25(6)30(27,28)19-7-8-21-20(15-19)24-22(23(3,4)5)26(21)16-18-10-13-29-14-11-18;1-17(2,3)16-19-14-10-13(24(18,21)22)4-5-15(14)20(16)11-12-6-8-23-9-7-12/h7-8,15,17-18H,9-14,16H2,1-6H3;4-5,10,12H,6-9,11H2,1-3H3. The van der Waals surface area contributed by atoms with E-state index < -0.39 is 19.1 Å². The number of fused-ring (bicyclic) bond motifs is 2. The van der Waals surface area contributed by atoms with E-state index in [-0.39, 0.29) is 15.7 Å². The molecular weight excluding hydrogens is 746 g/mol. The van der Waals surface area contributed by atoms with Gasteiger partial charge in [-0.25, -0.2) is 31.1 Å². The first-order chi connectivity index (χ1) is 25.2. The van der Waals surface area contributed by atoms with Crippen molar-refractivity contribution in [3.63, 3.8) is 0 Å². The number of halogens is 1. The van der Waals surface area contributed by atoms with E-state index in [0.29, 0.717) is 34.7 Å². The average Bonchev–Trinajstić information content (AvgIpc) is 3.66. The van der Waals surface area contributed by atoms with Gasteiger partial charge in [0.1, 0.15) is 11.6 Å². The molecular formula is C40H60ClN5O6S2. The molecule has 0 unspecified atom stereocenters. The summed E-state index contributed by atoms with van der Waals surface area (Å²) in [6, 6.07) is 10.3. The summed E-state index contributed by atoms with van der Waals surface area (Å²) in [5.41, 5.74) is 3.13. The Morgan fingerprint density at radius 1 is 0.741 bits per heavy atom. The van der Waals surface area contributed by atoms with Gasteiger partial charge in [-0.3, -0.25) is 0 Å². The third kappa shape index (κ3) is 10.2. The van der Waals surface area contributed by atoms with Crippen LogP contribution in [0.5, 0.6) is 0 Å². The summed E-state index contributed by atoms with van der Waals surface area (Å²) in [5.74, 6) is 3.54. The highest BCUT2D eigenvalue weighted by atomic mass is 35.7. The summed E-state index contributed by atoms with van der Waals surface area (Å²) in [5, 5.41) is 0. The van der Waals surface area contributed by atoms with E-state index >= 15 is 0 Å². The first kappa shape index (κ1) is 42.6. The fraction of sp³-hybridized carbons (Fsp3) is 0.650. The van der Waals surface area contributed by atoms with E-state index in [1.54, 1.807) is 31.3 Å². The molecule has 2 saturated heterocycles. The van der Waals surface area contributed by atoms with Gasteiger partial charge in [0.15, 0.2) is 0 Å². The summed E-state index contributed by atoms with van der Waals surface area (Å²) in [6.07, 6.45) is 5.02. The Balaban J connectivity index is 0.000000213. The largest absolute Gasteiger partial charge is 0.381 e. The van der Waals surface area contributed by atoms with E-state index in [9.17, 15) is 16.8 Å². The summed E-state index contributed by atoms with van der Waals surface area (Å²) >= 11 is 0. The number of nitrogens with zero attached hydrogens (tertiary/aromatic N) is 5. The first-order valence-electron chi connectivity index (χ1n) is 19.2. The molecule has 0 bridgehead atoms. The van der Waals surface area contributed by atoms with Gasteiger partial charge in [-0.05, 0) is 86.3 Å². The molecule has 4 aromatic rings. The smallest absolute Gasteiger partial charge is 0.261 e. The Morgan fingerprint density at radius 2 is 1.15 bits per heavy atom. The van der Waals surface area contributed by atoms with E-state index in [1.807, 2.05) is 12.1 Å². The minimum absolute atomic E-state index is 0.0906. The SMILES string of the molecule is CC(C)(C)c1nc2cc(S(=O)(=O)Cl)ccc2n1CC1CCOCC1.CC(C)CCN(C)S(=O)(=O)c1ccc2c(c1)nc(C(C)(C)C)n2CC1CCOCC1. The topological polar surface area (TPSA) is 126 Å². The third-order valence-corrected chi connectivity index (χ3v) is 13.6. The molecule has 2 aliphatic heterocycles. The lowest BCUT2D eigenvalue weighted by molar-refractivity contribution is 0.0610. The van der Waals surface area contributed by atoms with Gasteiger partial charge in [-0.2, -0.15) is 0 Å². The molecule has 2 aliphatic rings. The van der Waals surface area contributed by atoms with Gasteiger partial charge >= 0.3 is 0 Å². The molecule has 11 nitrogen and oxygen atoms in total. The van der Waals surface area contributed by atoms with Crippen molar-refractivity contribution in [3.05, 3.63) is 48.0 Å². The normalized spacial score (nSPS) is 17.1. The van der Waals surface area contributed by atoms with Crippen molar-refractivity contribution < 1.29 is 26.3 Å². The van der Waals surface area contributed by atoms with Gasteiger partial charge in [-0.1, -0.05) is 55.4 Å². The number of benzene rings is 2. The lowest BCUT2D eigenvalue weighted by Crippen LogP contribution is -2.28. The van der Waals surface area contributed by atoms with Crippen molar-refractivity contribution in [2.75, 3.05) is 40.0 Å². The van der Waals surface area contributed by atoms with Crippen LogP contribution in [0.25, 0.3) is 22.1 Å². The van der Waals surface area contributed by atoms with Gasteiger partial charge in [0.05, 0.1) is 31.9 Å². The van der Waals surface area contributed by atoms with Gasteiger partial charge in [0.2, 0.25) is 10.0 Å². The predicted molar refractivity (Wildman–Crippen MR) is 216 cm³/mol. The molecule has 0 radical (unpaired) electrons. The summed E-state index contributed by atoms with van der Waals surface area (Å²) in [4.78, 5) is 10.0. The van der Waals surface area contributed by atoms with Gasteiger partial charge in [0.25, 0.3) is 9.05 Å². The van der Waals surface area contributed by atoms with Crippen LogP contribution in [0.15, 0.2) is 46.2 Å². The average molecular weight is 807 g/mol. The highest BCUT2D eigenvalue weighted by Gasteiger charge is 2.29. The Kier molecular flexibility index (Phi) is 13.3. The second-order valence-electron chi connectivity index (χ2n) is 17.5. The highest BCUT2D eigenvalue weighted by molar-refractivity contribution is 8.13. The van der Waals surface area contributed by atoms with E-state index in [4.69, 9.17) is 30.1 Å². The number of rotatable bonds is 10. The maximum atomic E-state index is 13.1. The molecule has 0 saturated carbocycles. The molecule has 0 atom stereocenters. The molecule has 54 heavy (non-hydrogen) atoms. The molecule has 0 amide bonds. The number of sulfonamides is 1. The van der Waals surface area contributed by atoms with Crippen LogP contribution in [0.3, 0.4) is 0 Å². The Morgan fingerprint density at radius 3 is 1.54 bits per heavy atom. The second kappa shape index (κ2) is 16.9. The van der Waals surface area contributed by atoms with Crippen molar-refractivity contribution in [2.24, 2.45) is 17.8 Å². The molecule has 0 N–H and O–H groups in total. The maximum absolute atomic E-state index is 13.1. The highest BCUT2D eigenvalue weighted by Crippen LogP contribution is 2.33. The summed E-state index contributed by atoms with van der Waals surface area (Å²) in [7, 11) is -0.145. The van der Waals surface area contributed by atoms with Gasteiger partial charge < -0.3 is 18.6 Å². The molecule has 6 rings (SSSR count). The lowest BCUT2D eigenvalue weighted by atomic mass is 9.94. The van der Waals surface area contributed by atoms with Crippen LogP contribution in [0, 0.1) is 17.8 Å². The minimum atomic E-state index is -3.75. The monoisotopic (exact) mass is 805 g/mol. The molecule has 14 heteroatoms. The first-order valence-corrected chi connectivity index (χ1v) is 23.0. The van der Waals surface area contributed by atoms with Gasteiger partial charge in [-0.15, -0.1) is 0 Å². The zero-order valence-corrected chi connectivity index (χ0v) is 36.0. The maximum Gasteiger partial charge on any atom is 0.261 e. The second-order valence-corrected chi connectivity index (χ2v) is 22.1. The van der Waals surface area contributed by atoms with Crippen LogP contribution in [-0.2, 0) is 52.5 Å². The van der Waals surface area contributed by atoms with Crippen molar-refractivity contribution in [3.8, 4) is 0 Å². The zero-order chi connectivity index (χ0) is 39.6. The van der Waals surface area contributed by atoms with Crippen LogP contribution in [0.2, 0.25) is 0 Å². The Hall–Kier alpha value is -2.55. The van der Waals surface area contributed by atoms with Crippen LogP contribution in [0.1, 0.15) is 99.1 Å². The van der Waals surface area contributed by atoms with Crippen LogP contribution in [0.4, 0.5) is 0 Å². The Bertz CT molecular complexity index is 2120. The summed E-state index contributed by atoms with van der Waals surface area (Å²) in [6.45, 7) is 22.6. The zero-order valence-electron chi connectivity index (χ0n) is 33.6. The quantitative estimate of drug-likeness (QED) is 0.147. The molecule has 2 fully saturated rings. The van der Waals surface area contributed by atoms with Crippen molar-refractivity contribution >= 4 is 51.8 Å². The fourth-order valence-electron chi connectivity index (χ4n) is 7.16. The molecule has 300 valence electrons. The van der Waals surface area contributed by atoms with Crippen LogP contribution in [-0.4, -0.2) is 80.3 Å². The number of hydrogen-bond acceptors (Lipinski definition) is 8. The number of ether oxygens (including phenoxy) is 2. The molecule has 2 aromatic heterocycles. The molecule has 4 heterocycles. The van der Waals surface area contributed by atoms with E-state index in [2.05, 4.69) is 64.5 Å². The van der Waals surface area contributed by atoms with Crippen molar-refractivity contribution in [1.29, 1.82) is 0 Å². The third-order valence-electron chi connectivity index (χ3n) is 10.4.